The van der Waals surface area contributed by atoms with Crippen LogP contribution in [0.25, 0.3) is 33.9 Å². The number of allylic oxidation sites excluding steroid dienone is 1. The van der Waals surface area contributed by atoms with Gasteiger partial charge in [0.05, 0.1) is 5.41 Å². The lowest BCUT2D eigenvalue weighted by molar-refractivity contribution is -0.129. The van der Waals surface area contributed by atoms with Crippen LogP contribution in [-0.4, -0.2) is 16.9 Å². The first-order chi connectivity index (χ1) is 19.3. The molecule has 0 saturated carbocycles. The van der Waals surface area contributed by atoms with Gasteiger partial charge in [-0.25, -0.2) is 4.79 Å². The summed E-state index contributed by atoms with van der Waals surface area (Å²) in [6.45, 7) is 5.58. The van der Waals surface area contributed by atoms with Gasteiger partial charge in [-0.15, -0.1) is 0 Å². The number of carbonyl (C=O) groups is 2. The molecule has 0 saturated heterocycles. The fraction of sp³-hybridized carbons (Fsp3) is 0.206. The first-order valence-electron chi connectivity index (χ1n) is 13.5. The molecule has 4 aromatic rings. The summed E-state index contributed by atoms with van der Waals surface area (Å²) in [5, 5.41) is 12.5. The molecule has 1 heterocycles. The van der Waals surface area contributed by atoms with Crippen molar-refractivity contribution in [2.75, 3.05) is 0 Å². The van der Waals surface area contributed by atoms with Crippen molar-refractivity contribution in [3.63, 3.8) is 0 Å². The van der Waals surface area contributed by atoms with Gasteiger partial charge in [0.2, 0.25) is 0 Å². The standard InChI is InChI=1S/C34H30O6/c1-4-26-31(37)30-27(35)20-28(40-33(30)34(5-2,6-3)32(26)38)24-14-13-23-19-25(16-15-22(23)18-24)39-29(36)17-12-21-10-8-7-9-11-21/h7-20,37H,4-6H2,1-3H3/b17-12+. The van der Waals surface area contributed by atoms with Crippen LogP contribution in [0.4, 0.5) is 0 Å². The van der Waals surface area contributed by atoms with Crippen molar-refractivity contribution in [2.45, 2.75) is 45.4 Å². The molecule has 0 bridgehead atoms. The number of fused-ring (bicyclic) bond motifs is 2. The van der Waals surface area contributed by atoms with Gasteiger partial charge in [0.1, 0.15) is 28.6 Å². The van der Waals surface area contributed by atoms with E-state index in [1.54, 1.807) is 25.1 Å². The molecule has 40 heavy (non-hydrogen) atoms. The molecule has 0 radical (unpaired) electrons. The van der Waals surface area contributed by atoms with Crippen LogP contribution in [0.15, 0.2) is 93.7 Å². The molecule has 6 nitrogen and oxygen atoms in total. The minimum absolute atomic E-state index is 0.0810. The molecule has 1 aromatic heterocycles. The highest BCUT2D eigenvalue weighted by atomic mass is 16.5. The van der Waals surface area contributed by atoms with Gasteiger partial charge in [0, 0.05) is 23.3 Å². The number of Topliss-reactive ketones (excluding diaryl/α,β-unsaturated/α-hetero) is 1. The number of carbonyl (C=O) groups excluding carboxylic acids is 2. The summed E-state index contributed by atoms with van der Waals surface area (Å²) in [4.78, 5) is 39.0. The third-order valence-electron chi connectivity index (χ3n) is 7.70. The zero-order chi connectivity index (χ0) is 28.4. The van der Waals surface area contributed by atoms with Crippen molar-refractivity contribution >= 4 is 34.4 Å². The van der Waals surface area contributed by atoms with Gasteiger partial charge in [-0.3, -0.25) is 9.59 Å². The largest absolute Gasteiger partial charge is 0.507 e. The molecular formula is C34H30O6. The van der Waals surface area contributed by atoms with Gasteiger partial charge in [-0.2, -0.15) is 0 Å². The van der Waals surface area contributed by atoms with Gasteiger partial charge < -0.3 is 14.3 Å². The van der Waals surface area contributed by atoms with Crippen molar-refractivity contribution in [3.05, 3.63) is 112 Å². The quantitative estimate of drug-likeness (QED) is 0.151. The fourth-order valence-electron chi connectivity index (χ4n) is 5.39. The normalized spacial score (nSPS) is 14.5. The molecule has 202 valence electrons. The van der Waals surface area contributed by atoms with Crippen LogP contribution in [0.5, 0.6) is 5.75 Å². The summed E-state index contributed by atoms with van der Waals surface area (Å²) >= 11 is 0. The van der Waals surface area contributed by atoms with Gasteiger partial charge in [-0.05, 0) is 59.9 Å². The third kappa shape index (κ3) is 4.66. The Labute approximate surface area is 232 Å². The second kappa shape index (κ2) is 10.8. The van der Waals surface area contributed by atoms with E-state index in [1.165, 1.54) is 12.1 Å². The number of rotatable bonds is 7. The Kier molecular flexibility index (Phi) is 7.26. The van der Waals surface area contributed by atoms with Crippen LogP contribution in [0.1, 0.15) is 56.9 Å². The summed E-state index contributed by atoms with van der Waals surface area (Å²) in [6.07, 6.45) is 4.29. The lowest BCUT2D eigenvalue weighted by atomic mass is 9.68. The predicted molar refractivity (Wildman–Crippen MR) is 156 cm³/mol. The molecule has 5 rings (SSSR count). The maximum atomic E-state index is 13.4. The Morgan fingerprint density at radius 2 is 1.62 bits per heavy atom. The molecule has 0 spiro atoms. The molecule has 1 N–H and O–H groups in total. The number of aliphatic hydroxyl groups excluding tert-OH is 1. The van der Waals surface area contributed by atoms with E-state index in [-0.39, 0.29) is 33.9 Å². The Morgan fingerprint density at radius 1 is 0.925 bits per heavy atom. The number of ether oxygens (including phenoxy) is 1. The number of hydrogen-bond donors (Lipinski definition) is 1. The first-order valence-corrected chi connectivity index (χ1v) is 13.5. The highest BCUT2D eigenvalue weighted by Gasteiger charge is 2.48. The molecule has 0 atom stereocenters. The van der Waals surface area contributed by atoms with E-state index < -0.39 is 11.4 Å². The lowest BCUT2D eigenvalue weighted by Gasteiger charge is -2.35. The molecule has 1 aliphatic rings. The Hall–Kier alpha value is -4.71. The average Bonchev–Trinajstić information content (AvgIpc) is 2.97. The first kappa shape index (κ1) is 26.9. The zero-order valence-electron chi connectivity index (χ0n) is 22.7. The summed E-state index contributed by atoms with van der Waals surface area (Å²) in [5.41, 5.74) is 0.514. The van der Waals surface area contributed by atoms with Gasteiger partial charge in [0.25, 0.3) is 0 Å². The van der Waals surface area contributed by atoms with E-state index >= 15 is 0 Å². The van der Waals surface area contributed by atoms with Gasteiger partial charge in [-0.1, -0.05) is 69.3 Å². The SMILES string of the molecule is CCC1=C(O)c2c(oc(-c3ccc4cc(OC(=O)/C=C/c5ccccc5)ccc4c3)cc2=O)C(CC)(CC)C1=O. The maximum absolute atomic E-state index is 13.4. The zero-order valence-corrected chi connectivity index (χ0v) is 22.7. The monoisotopic (exact) mass is 534 g/mol. The van der Waals surface area contributed by atoms with Crippen LogP contribution in [-0.2, 0) is 15.0 Å². The molecule has 0 fully saturated rings. The Morgan fingerprint density at radius 3 is 2.33 bits per heavy atom. The van der Waals surface area contributed by atoms with Crippen molar-refractivity contribution in [1.29, 1.82) is 0 Å². The third-order valence-corrected chi connectivity index (χ3v) is 7.70. The molecular weight excluding hydrogens is 504 g/mol. The summed E-state index contributed by atoms with van der Waals surface area (Å²) < 4.78 is 11.8. The van der Waals surface area contributed by atoms with E-state index in [2.05, 4.69) is 0 Å². The lowest BCUT2D eigenvalue weighted by Crippen LogP contribution is -2.41. The summed E-state index contributed by atoms with van der Waals surface area (Å²) in [7, 11) is 0. The van der Waals surface area contributed by atoms with Crippen LogP contribution in [0.2, 0.25) is 0 Å². The second-order valence-electron chi connectivity index (χ2n) is 9.87. The molecule has 0 unspecified atom stereocenters. The predicted octanol–water partition coefficient (Wildman–Crippen LogP) is 7.40. The van der Waals surface area contributed by atoms with Gasteiger partial charge >= 0.3 is 5.97 Å². The van der Waals surface area contributed by atoms with Crippen molar-refractivity contribution in [1.82, 2.24) is 0 Å². The van der Waals surface area contributed by atoms with E-state index in [4.69, 9.17) is 9.15 Å². The van der Waals surface area contributed by atoms with Crippen LogP contribution in [0, 0.1) is 0 Å². The number of esters is 1. The van der Waals surface area contributed by atoms with Crippen molar-refractivity contribution in [2.24, 2.45) is 0 Å². The number of hydrogen-bond acceptors (Lipinski definition) is 6. The van der Waals surface area contributed by atoms with Crippen molar-refractivity contribution in [3.8, 4) is 17.1 Å². The molecule has 0 amide bonds. The van der Waals surface area contributed by atoms with E-state index in [9.17, 15) is 19.5 Å². The number of ketones is 1. The Bertz CT molecular complexity index is 1740. The van der Waals surface area contributed by atoms with Crippen LogP contribution >= 0.6 is 0 Å². The van der Waals surface area contributed by atoms with E-state index in [0.717, 1.165) is 16.3 Å². The minimum Gasteiger partial charge on any atom is -0.507 e. The highest BCUT2D eigenvalue weighted by Crippen LogP contribution is 2.44. The smallest absolute Gasteiger partial charge is 0.336 e. The highest BCUT2D eigenvalue weighted by molar-refractivity contribution is 6.10. The Balaban J connectivity index is 1.48. The van der Waals surface area contributed by atoms with Gasteiger partial charge in [0.15, 0.2) is 11.2 Å². The molecule has 3 aromatic carbocycles. The van der Waals surface area contributed by atoms with Crippen LogP contribution < -0.4 is 10.2 Å². The number of benzene rings is 3. The average molecular weight is 535 g/mol. The summed E-state index contributed by atoms with van der Waals surface area (Å²) in [6, 6.07) is 21.7. The van der Waals surface area contributed by atoms with Crippen molar-refractivity contribution < 1.29 is 23.8 Å². The number of aliphatic hydroxyl groups is 1. The summed E-state index contributed by atoms with van der Waals surface area (Å²) in [5.74, 6) is 0.00388. The van der Waals surface area contributed by atoms with E-state index in [0.29, 0.717) is 36.3 Å². The van der Waals surface area contributed by atoms with E-state index in [1.807, 2.05) is 68.4 Å². The molecule has 1 aliphatic carbocycles. The molecule has 0 aliphatic heterocycles. The van der Waals surface area contributed by atoms with Crippen LogP contribution in [0.3, 0.4) is 0 Å². The maximum Gasteiger partial charge on any atom is 0.336 e. The topological polar surface area (TPSA) is 93.8 Å². The minimum atomic E-state index is -1.01. The second-order valence-corrected chi connectivity index (χ2v) is 9.87. The fourth-order valence-corrected chi connectivity index (χ4v) is 5.39. The molecule has 6 heteroatoms.